The number of hydrogen-bond donors (Lipinski definition) is 0. The van der Waals surface area contributed by atoms with Crippen molar-refractivity contribution in [3.63, 3.8) is 0 Å². The van der Waals surface area contributed by atoms with Crippen molar-refractivity contribution < 1.29 is 27.4 Å². The fourth-order valence-electron chi connectivity index (χ4n) is 2.29. The van der Waals surface area contributed by atoms with Crippen molar-refractivity contribution in [2.45, 2.75) is 6.18 Å². The lowest BCUT2D eigenvalue weighted by Crippen LogP contribution is -2.38. The predicted octanol–water partition coefficient (Wildman–Crippen LogP) is 2.54. The zero-order valence-electron chi connectivity index (χ0n) is 12.5. The Morgan fingerprint density at radius 3 is 2.67 bits per heavy atom. The van der Waals surface area contributed by atoms with Gasteiger partial charge in [-0.3, -0.25) is 4.79 Å². The van der Waals surface area contributed by atoms with Gasteiger partial charge in [0.2, 0.25) is 5.88 Å². The van der Waals surface area contributed by atoms with Crippen LogP contribution in [0.4, 0.5) is 18.9 Å². The molecule has 9 heteroatoms. The van der Waals surface area contributed by atoms with E-state index in [2.05, 4.69) is 10.2 Å². The van der Waals surface area contributed by atoms with Gasteiger partial charge in [-0.25, -0.2) is 0 Å². The largest absolute Gasteiger partial charge is 0.490 e. The highest BCUT2D eigenvalue weighted by atomic mass is 19.4. The first-order valence-corrected chi connectivity index (χ1v) is 6.94. The normalized spacial score (nSPS) is 13.9. The fourth-order valence-corrected chi connectivity index (χ4v) is 2.29. The van der Waals surface area contributed by atoms with Crippen molar-refractivity contribution in [2.75, 3.05) is 25.2 Å². The first-order valence-electron chi connectivity index (χ1n) is 6.94. The molecule has 3 rings (SSSR count). The Bertz CT molecular complexity index is 763. The molecule has 0 radical (unpaired) electrons. The molecule has 6 nitrogen and oxygen atoms in total. The first-order chi connectivity index (χ1) is 11.4. The van der Waals surface area contributed by atoms with E-state index in [-0.39, 0.29) is 36.2 Å². The number of carbonyl (C=O) groups is 1. The van der Waals surface area contributed by atoms with Crippen LogP contribution in [-0.4, -0.2) is 36.4 Å². The van der Waals surface area contributed by atoms with E-state index in [1.807, 2.05) is 0 Å². The Kier molecular flexibility index (Phi) is 4.00. The quantitative estimate of drug-likeness (QED) is 0.841. The van der Waals surface area contributed by atoms with E-state index in [0.717, 1.165) is 12.1 Å². The maximum absolute atomic E-state index is 12.9. The first kappa shape index (κ1) is 16.0. The topological polar surface area (TPSA) is 64.5 Å². The third kappa shape index (κ3) is 2.97. The lowest BCUT2D eigenvalue weighted by molar-refractivity contribution is -0.137. The lowest BCUT2D eigenvalue weighted by Gasteiger charge is -2.29. The van der Waals surface area contributed by atoms with Crippen LogP contribution in [0.5, 0.6) is 11.6 Å². The highest BCUT2D eigenvalue weighted by Gasteiger charge is 2.34. The Balaban J connectivity index is 1.96. The molecule has 0 unspecified atom stereocenters. The van der Waals surface area contributed by atoms with Gasteiger partial charge in [0.25, 0.3) is 5.91 Å². The summed E-state index contributed by atoms with van der Waals surface area (Å²) < 4.78 is 48.9. The minimum absolute atomic E-state index is 0.000983. The maximum Gasteiger partial charge on any atom is 0.416 e. The summed E-state index contributed by atoms with van der Waals surface area (Å²) in [7, 11) is 1.41. The molecule has 2 heterocycles. The molecule has 0 aliphatic carbocycles. The molecule has 0 spiro atoms. The summed E-state index contributed by atoms with van der Waals surface area (Å²) in [6.07, 6.45) is -4.51. The van der Waals surface area contributed by atoms with Crippen LogP contribution in [0.15, 0.2) is 30.3 Å². The zero-order valence-corrected chi connectivity index (χ0v) is 12.5. The molecule has 0 saturated heterocycles. The molecule has 1 aromatic carbocycles. The molecular weight excluding hydrogens is 327 g/mol. The van der Waals surface area contributed by atoms with Crippen molar-refractivity contribution in [3.8, 4) is 11.6 Å². The Hall–Kier alpha value is -2.84. The molecule has 0 saturated carbocycles. The van der Waals surface area contributed by atoms with Crippen molar-refractivity contribution >= 4 is 11.6 Å². The summed E-state index contributed by atoms with van der Waals surface area (Å²) in [5.41, 5.74) is -0.801. The molecule has 1 amide bonds. The molecule has 0 bridgehead atoms. The number of fused-ring (bicyclic) bond motifs is 1. The highest BCUT2D eigenvalue weighted by Crippen LogP contribution is 2.38. The second-order valence-electron chi connectivity index (χ2n) is 4.95. The van der Waals surface area contributed by atoms with Gasteiger partial charge in [-0.05, 0) is 24.3 Å². The number of rotatable bonds is 2. The Labute approximate surface area is 134 Å². The van der Waals surface area contributed by atoms with Crippen molar-refractivity contribution in [1.82, 2.24) is 10.2 Å². The minimum Gasteiger partial charge on any atom is -0.490 e. The average Bonchev–Trinajstić information content (AvgIpc) is 2.59. The van der Waals surface area contributed by atoms with E-state index in [0.29, 0.717) is 0 Å². The van der Waals surface area contributed by atoms with Gasteiger partial charge in [0.05, 0.1) is 24.9 Å². The zero-order chi connectivity index (χ0) is 17.3. The third-order valence-corrected chi connectivity index (χ3v) is 3.46. The highest BCUT2D eigenvalue weighted by molar-refractivity contribution is 6.05. The predicted molar refractivity (Wildman–Crippen MR) is 77.2 cm³/mol. The number of benzene rings is 1. The number of anilines is 1. The molecule has 24 heavy (non-hydrogen) atoms. The number of nitrogens with zero attached hydrogens (tertiary/aromatic N) is 3. The average molecular weight is 339 g/mol. The molecule has 126 valence electrons. The summed E-state index contributed by atoms with van der Waals surface area (Å²) in [6, 6.07) is 5.87. The van der Waals surface area contributed by atoms with Gasteiger partial charge >= 0.3 is 6.18 Å². The van der Waals surface area contributed by atoms with Crippen LogP contribution in [0.1, 0.15) is 16.1 Å². The molecular formula is C15H12F3N3O3. The molecule has 1 aliphatic rings. The number of halogens is 3. The molecule has 0 atom stereocenters. The van der Waals surface area contributed by atoms with Gasteiger partial charge in [-0.15, -0.1) is 10.2 Å². The van der Waals surface area contributed by atoms with Gasteiger partial charge in [0, 0.05) is 6.07 Å². The number of ether oxygens (including phenoxy) is 2. The van der Waals surface area contributed by atoms with E-state index in [1.54, 1.807) is 0 Å². The molecule has 2 aromatic rings. The number of aromatic nitrogens is 2. The van der Waals surface area contributed by atoms with Crippen molar-refractivity contribution in [3.05, 3.63) is 41.6 Å². The number of carbonyl (C=O) groups excluding carboxylic acids is 1. The lowest BCUT2D eigenvalue weighted by atomic mass is 10.1. The van der Waals surface area contributed by atoms with Crippen LogP contribution in [-0.2, 0) is 6.18 Å². The number of hydrogen-bond acceptors (Lipinski definition) is 5. The second kappa shape index (κ2) is 5.99. The van der Waals surface area contributed by atoms with Gasteiger partial charge in [-0.1, -0.05) is 0 Å². The maximum atomic E-state index is 12.9. The number of amides is 1. The third-order valence-electron chi connectivity index (χ3n) is 3.46. The molecule has 1 aromatic heterocycles. The second-order valence-corrected chi connectivity index (χ2v) is 4.95. The summed E-state index contributed by atoms with van der Waals surface area (Å²) in [5, 5.41) is 7.43. The van der Waals surface area contributed by atoms with E-state index >= 15 is 0 Å². The Morgan fingerprint density at radius 2 is 2.04 bits per heavy atom. The van der Waals surface area contributed by atoms with E-state index in [1.165, 1.54) is 30.2 Å². The summed E-state index contributed by atoms with van der Waals surface area (Å²) in [4.78, 5) is 13.8. The summed E-state index contributed by atoms with van der Waals surface area (Å²) in [6.45, 7) is 0.286. The van der Waals surface area contributed by atoms with Crippen molar-refractivity contribution in [2.24, 2.45) is 0 Å². The standard InChI is InChI=1S/C15H12F3N3O3/c1-23-13-5-3-10(19-20-13)14(22)21-6-7-24-12-4-2-9(8-11(12)21)15(16,17)18/h2-5,8H,6-7H2,1H3. The van der Waals surface area contributed by atoms with E-state index in [9.17, 15) is 18.0 Å². The van der Waals surface area contributed by atoms with E-state index in [4.69, 9.17) is 9.47 Å². The fraction of sp³-hybridized carbons (Fsp3) is 0.267. The van der Waals surface area contributed by atoms with Crippen LogP contribution >= 0.6 is 0 Å². The number of alkyl halides is 3. The number of methoxy groups -OCH3 is 1. The van der Waals surface area contributed by atoms with Crippen LogP contribution < -0.4 is 14.4 Å². The van der Waals surface area contributed by atoms with Crippen molar-refractivity contribution in [1.29, 1.82) is 0 Å². The van der Waals surface area contributed by atoms with Gasteiger partial charge < -0.3 is 14.4 Å². The molecule has 0 fully saturated rings. The SMILES string of the molecule is COc1ccc(C(=O)N2CCOc3ccc(C(F)(F)F)cc32)nn1. The van der Waals surface area contributed by atoms with Gasteiger partial charge in [0.1, 0.15) is 12.4 Å². The summed E-state index contributed by atoms with van der Waals surface area (Å²) >= 11 is 0. The van der Waals surface area contributed by atoms with E-state index < -0.39 is 17.6 Å². The van der Waals surface area contributed by atoms with Crippen LogP contribution in [0.2, 0.25) is 0 Å². The monoisotopic (exact) mass is 339 g/mol. The van der Waals surface area contributed by atoms with Gasteiger partial charge in [0.15, 0.2) is 5.69 Å². The van der Waals surface area contributed by atoms with Gasteiger partial charge in [-0.2, -0.15) is 13.2 Å². The van der Waals surface area contributed by atoms with Crippen LogP contribution in [0.3, 0.4) is 0 Å². The Morgan fingerprint density at radius 1 is 1.25 bits per heavy atom. The smallest absolute Gasteiger partial charge is 0.416 e. The molecule has 0 N–H and O–H groups in total. The minimum atomic E-state index is -4.51. The van der Waals surface area contributed by atoms with Crippen LogP contribution in [0.25, 0.3) is 0 Å². The van der Waals surface area contributed by atoms with Crippen LogP contribution in [0, 0.1) is 0 Å². The molecule has 1 aliphatic heterocycles. The summed E-state index contributed by atoms with van der Waals surface area (Å²) in [5.74, 6) is -0.119.